The van der Waals surface area contributed by atoms with Gasteiger partial charge in [-0.2, -0.15) is 4.39 Å². The van der Waals surface area contributed by atoms with Crippen LogP contribution in [0.5, 0.6) is 0 Å². The molecular weight excluding hydrogens is 445 g/mol. The highest BCUT2D eigenvalue weighted by molar-refractivity contribution is 8.01. The highest BCUT2D eigenvalue weighted by Crippen LogP contribution is 2.43. The molecule has 0 aliphatic rings. The molecule has 3 aromatic rings. The van der Waals surface area contributed by atoms with Gasteiger partial charge in [0.2, 0.25) is 5.95 Å². The second-order valence-electron chi connectivity index (χ2n) is 7.46. The molecule has 3 rings (SSSR count). The van der Waals surface area contributed by atoms with Crippen molar-refractivity contribution in [3.05, 3.63) is 58.7 Å². The number of halogens is 2. The van der Waals surface area contributed by atoms with E-state index in [1.807, 2.05) is 32.9 Å². The third-order valence-corrected chi connectivity index (χ3v) is 6.84. The molecule has 30 heavy (non-hydrogen) atoms. The van der Waals surface area contributed by atoms with Gasteiger partial charge < -0.3 is 9.64 Å². The molecule has 3 heterocycles. The van der Waals surface area contributed by atoms with Gasteiger partial charge in [0, 0.05) is 45.9 Å². The minimum atomic E-state index is -0.553. The number of hydrogen-bond donors (Lipinski definition) is 0. The molecule has 0 fully saturated rings. The quantitative estimate of drug-likeness (QED) is 0.401. The van der Waals surface area contributed by atoms with Gasteiger partial charge in [0.25, 0.3) is 0 Å². The molecule has 9 heteroatoms. The highest BCUT2D eigenvalue weighted by Gasteiger charge is 2.24. The van der Waals surface area contributed by atoms with Crippen molar-refractivity contribution in [3.8, 4) is 11.1 Å². The maximum Gasteiger partial charge on any atom is 0.410 e. The van der Waals surface area contributed by atoms with Crippen LogP contribution in [0, 0.1) is 5.95 Å². The van der Waals surface area contributed by atoms with Crippen LogP contribution in [0.15, 0.2) is 51.8 Å². The topological polar surface area (TPSA) is 55.3 Å². The van der Waals surface area contributed by atoms with Crippen LogP contribution in [0.4, 0.5) is 9.18 Å². The SMILES string of the molecule is CN(C(=O)OCc1cc(-c2cccnc2F)c(Sc2ccc(Cl)nc2)s1)C(C)(C)C. The van der Waals surface area contributed by atoms with Crippen molar-refractivity contribution in [2.45, 2.75) is 42.0 Å². The molecule has 0 bridgehead atoms. The summed E-state index contributed by atoms with van der Waals surface area (Å²) in [4.78, 5) is 23.4. The summed E-state index contributed by atoms with van der Waals surface area (Å²) in [7, 11) is 1.70. The van der Waals surface area contributed by atoms with Crippen LogP contribution in [0.2, 0.25) is 5.15 Å². The zero-order chi connectivity index (χ0) is 21.9. The Kier molecular flexibility index (Phi) is 7.00. The summed E-state index contributed by atoms with van der Waals surface area (Å²) in [5.41, 5.74) is 0.738. The standard InChI is InChI=1S/C21H21ClFN3O2S2/c1-21(2,3)26(4)20(27)28-12-14-10-16(15-6-5-9-24-18(15)23)19(30-14)29-13-7-8-17(22)25-11-13/h5-11H,12H2,1-4H3. The number of nitrogens with zero attached hydrogens (tertiary/aromatic N) is 3. The Labute approximate surface area is 188 Å². The predicted octanol–water partition coefficient (Wildman–Crippen LogP) is 6.52. The largest absolute Gasteiger partial charge is 0.444 e. The first-order valence-corrected chi connectivity index (χ1v) is 11.1. The Hall–Kier alpha value is -2.16. The zero-order valence-electron chi connectivity index (χ0n) is 17.0. The third kappa shape index (κ3) is 5.50. The summed E-state index contributed by atoms with van der Waals surface area (Å²) >= 11 is 8.75. The fourth-order valence-electron chi connectivity index (χ4n) is 2.38. The Morgan fingerprint density at radius 2 is 2.03 bits per heavy atom. The van der Waals surface area contributed by atoms with Crippen LogP contribution in [0.3, 0.4) is 0 Å². The van der Waals surface area contributed by atoms with Crippen molar-refractivity contribution < 1.29 is 13.9 Å². The zero-order valence-corrected chi connectivity index (χ0v) is 19.4. The molecule has 0 saturated heterocycles. The molecule has 5 nitrogen and oxygen atoms in total. The van der Waals surface area contributed by atoms with Crippen molar-refractivity contribution in [2.75, 3.05) is 7.05 Å². The van der Waals surface area contributed by atoms with Crippen molar-refractivity contribution in [2.24, 2.45) is 0 Å². The second kappa shape index (κ2) is 9.32. The smallest absolute Gasteiger partial charge is 0.410 e. The monoisotopic (exact) mass is 465 g/mol. The van der Waals surface area contributed by atoms with Gasteiger partial charge in [-0.1, -0.05) is 23.4 Å². The summed E-state index contributed by atoms with van der Waals surface area (Å²) in [5.74, 6) is -0.553. The molecule has 0 atom stereocenters. The van der Waals surface area contributed by atoms with E-state index in [2.05, 4.69) is 9.97 Å². The van der Waals surface area contributed by atoms with Gasteiger partial charge in [0.15, 0.2) is 0 Å². The van der Waals surface area contributed by atoms with Crippen molar-refractivity contribution >= 4 is 40.8 Å². The van der Waals surface area contributed by atoms with Gasteiger partial charge in [0.1, 0.15) is 11.8 Å². The Bertz CT molecular complexity index is 1040. The number of rotatable bonds is 5. The van der Waals surface area contributed by atoms with Crippen LogP contribution in [0.1, 0.15) is 25.6 Å². The number of carbonyl (C=O) groups is 1. The number of pyridine rings is 2. The number of ether oxygens (including phenoxy) is 1. The predicted molar refractivity (Wildman–Crippen MR) is 119 cm³/mol. The Morgan fingerprint density at radius 3 is 2.67 bits per heavy atom. The molecule has 0 unspecified atom stereocenters. The van der Waals surface area contributed by atoms with E-state index in [9.17, 15) is 9.18 Å². The lowest BCUT2D eigenvalue weighted by atomic mass is 10.1. The summed E-state index contributed by atoms with van der Waals surface area (Å²) in [5, 5.41) is 0.402. The summed E-state index contributed by atoms with van der Waals surface area (Å²) in [6.45, 7) is 5.88. The van der Waals surface area contributed by atoms with E-state index in [1.165, 1.54) is 34.2 Å². The Balaban J connectivity index is 1.87. The Morgan fingerprint density at radius 1 is 1.27 bits per heavy atom. The lowest BCUT2D eigenvalue weighted by Gasteiger charge is -2.30. The molecule has 3 aromatic heterocycles. The normalized spacial score (nSPS) is 11.4. The maximum atomic E-state index is 14.4. The van der Waals surface area contributed by atoms with Crippen LogP contribution in [0.25, 0.3) is 11.1 Å². The molecule has 0 aliphatic heterocycles. The number of thiophene rings is 1. The van der Waals surface area contributed by atoms with Gasteiger partial charge in [-0.05, 0) is 51.1 Å². The molecule has 0 spiro atoms. The fourth-order valence-corrected chi connectivity index (χ4v) is 4.81. The molecule has 1 amide bonds. The van der Waals surface area contributed by atoms with Gasteiger partial charge in [-0.25, -0.2) is 14.8 Å². The fraction of sp³-hybridized carbons (Fsp3) is 0.286. The van der Waals surface area contributed by atoms with E-state index in [1.54, 1.807) is 31.4 Å². The number of aromatic nitrogens is 2. The first-order chi connectivity index (χ1) is 14.1. The van der Waals surface area contributed by atoms with Gasteiger partial charge >= 0.3 is 6.09 Å². The molecule has 0 aliphatic carbocycles. The van der Waals surface area contributed by atoms with E-state index in [-0.39, 0.29) is 12.1 Å². The number of hydrogen-bond acceptors (Lipinski definition) is 6. The van der Waals surface area contributed by atoms with Gasteiger partial charge in [-0.15, -0.1) is 11.3 Å². The first-order valence-electron chi connectivity index (χ1n) is 9.09. The number of carbonyl (C=O) groups excluding carboxylic acids is 1. The van der Waals surface area contributed by atoms with E-state index >= 15 is 0 Å². The summed E-state index contributed by atoms with van der Waals surface area (Å²) < 4.78 is 20.7. The first kappa shape index (κ1) is 22.5. The summed E-state index contributed by atoms with van der Waals surface area (Å²) in [6, 6.07) is 8.75. The van der Waals surface area contributed by atoms with Crippen molar-refractivity contribution in [1.82, 2.24) is 14.9 Å². The van der Waals surface area contributed by atoms with Crippen LogP contribution in [-0.2, 0) is 11.3 Å². The van der Waals surface area contributed by atoms with Gasteiger partial charge in [-0.3, -0.25) is 0 Å². The van der Waals surface area contributed by atoms with Crippen LogP contribution < -0.4 is 0 Å². The molecule has 158 valence electrons. The average Bonchev–Trinajstić information content (AvgIpc) is 3.09. The summed E-state index contributed by atoms with van der Waals surface area (Å²) in [6.07, 6.45) is 2.65. The lowest BCUT2D eigenvalue weighted by Crippen LogP contribution is -2.42. The maximum absolute atomic E-state index is 14.4. The molecule has 0 saturated carbocycles. The lowest BCUT2D eigenvalue weighted by molar-refractivity contribution is 0.0767. The van der Waals surface area contributed by atoms with Crippen LogP contribution in [-0.4, -0.2) is 33.5 Å². The highest BCUT2D eigenvalue weighted by atomic mass is 35.5. The molecule has 0 N–H and O–H groups in total. The third-order valence-electron chi connectivity index (χ3n) is 4.33. The molecule has 0 aromatic carbocycles. The van der Waals surface area contributed by atoms with Crippen LogP contribution >= 0.6 is 34.7 Å². The number of amides is 1. The van der Waals surface area contributed by atoms with E-state index in [0.717, 1.165) is 14.0 Å². The second-order valence-corrected chi connectivity index (χ2v) is 10.3. The van der Waals surface area contributed by atoms with E-state index in [0.29, 0.717) is 16.3 Å². The van der Waals surface area contributed by atoms with Gasteiger partial charge in [0.05, 0.1) is 4.21 Å². The van der Waals surface area contributed by atoms with Crippen molar-refractivity contribution in [1.29, 1.82) is 0 Å². The van der Waals surface area contributed by atoms with Crippen molar-refractivity contribution in [3.63, 3.8) is 0 Å². The minimum Gasteiger partial charge on any atom is -0.444 e. The molecular formula is C21H21ClFN3O2S2. The average molecular weight is 466 g/mol. The molecule has 0 radical (unpaired) electrons. The van der Waals surface area contributed by atoms with E-state index < -0.39 is 12.0 Å². The van der Waals surface area contributed by atoms with E-state index in [4.69, 9.17) is 16.3 Å². The minimum absolute atomic E-state index is 0.0955.